The summed E-state index contributed by atoms with van der Waals surface area (Å²) in [7, 11) is 0. The van der Waals surface area contributed by atoms with Crippen molar-refractivity contribution < 1.29 is 4.39 Å². The number of nitriles is 1. The van der Waals surface area contributed by atoms with E-state index in [-0.39, 0.29) is 0 Å². The largest absolute Gasteiger partial charge is 0.306 e. The minimum atomic E-state index is -0.411. The van der Waals surface area contributed by atoms with Crippen molar-refractivity contribution in [2.45, 2.75) is 83.1 Å². The smallest absolute Gasteiger partial charge is 0.171 e. The lowest BCUT2D eigenvalue weighted by Crippen LogP contribution is -2.06. The topological polar surface area (TPSA) is 33.6 Å². The molecular weight excluding hydrogens is 866 g/mol. The standard InChI is InChI=1S/C67H58FN3/c1-36-21-40(5)63(41(6)22-36)49-15-19-57-55(31-49)53-17-13-51(65-44(9)25-38(3)26-45(65)10)33-59(53)70(57)61-29-48(35-69)30-62(67(61)68)71-58-20-16-50(64-42(7)23-37(2)24-43(64)8)32-56(58)54-18-14-52(34-60(54)71)66-46(11)27-39(4)28-47(66)12/h13-34H,1-12H3. The van der Waals surface area contributed by atoms with Crippen molar-refractivity contribution in [2.24, 2.45) is 0 Å². The fourth-order valence-corrected chi connectivity index (χ4v) is 12.7. The molecule has 0 saturated heterocycles. The van der Waals surface area contributed by atoms with Crippen LogP contribution < -0.4 is 0 Å². The molecule has 0 spiro atoms. The van der Waals surface area contributed by atoms with Crippen molar-refractivity contribution in [1.82, 2.24) is 9.13 Å². The number of hydrogen-bond donors (Lipinski definition) is 0. The maximum atomic E-state index is 18.8. The van der Waals surface area contributed by atoms with Gasteiger partial charge in [-0.25, -0.2) is 4.39 Å². The first-order valence-corrected chi connectivity index (χ1v) is 24.7. The molecule has 71 heavy (non-hydrogen) atoms. The van der Waals surface area contributed by atoms with E-state index < -0.39 is 5.82 Å². The average Bonchev–Trinajstić information content (AvgIpc) is 3.79. The molecule has 2 aromatic heterocycles. The SMILES string of the molecule is Cc1cc(C)c(-c2ccc3c(c2)c2ccc(-c4c(C)cc(C)cc4C)cc2n3-c2cc(C#N)cc(-n3c4ccc(-c5c(C)cc(C)cc5C)cc4c4ccc(-c5c(C)cc(C)cc5C)cc43)c2F)c(C)c1. The van der Waals surface area contributed by atoms with Crippen LogP contribution in [0.3, 0.4) is 0 Å². The van der Waals surface area contributed by atoms with Crippen molar-refractivity contribution in [1.29, 1.82) is 5.26 Å². The van der Waals surface area contributed by atoms with Crippen LogP contribution in [0.4, 0.5) is 4.39 Å². The molecule has 0 atom stereocenters. The normalized spacial score (nSPS) is 11.7. The van der Waals surface area contributed by atoms with Crippen LogP contribution in [0.25, 0.3) is 99.5 Å². The fourth-order valence-electron chi connectivity index (χ4n) is 12.7. The van der Waals surface area contributed by atoms with Crippen molar-refractivity contribution in [3.05, 3.63) is 212 Å². The predicted octanol–water partition coefficient (Wildman–Crippen LogP) is 18.3. The second-order valence-corrected chi connectivity index (χ2v) is 20.6. The van der Waals surface area contributed by atoms with Gasteiger partial charge in [0, 0.05) is 21.5 Å². The van der Waals surface area contributed by atoms with Crippen LogP contribution in [0.15, 0.2) is 133 Å². The van der Waals surface area contributed by atoms with Crippen LogP contribution >= 0.6 is 0 Å². The van der Waals surface area contributed by atoms with E-state index in [9.17, 15) is 5.26 Å². The van der Waals surface area contributed by atoms with Crippen molar-refractivity contribution in [2.75, 3.05) is 0 Å². The number of rotatable bonds is 6. The fraction of sp³-hybridized carbons (Fsp3) is 0.179. The number of aromatic nitrogens is 2. The third-order valence-corrected chi connectivity index (χ3v) is 15.0. The van der Waals surface area contributed by atoms with E-state index in [1.807, 2.05) is 0 Å². The molecule has 0 unspecified atom stereocenters. The molecule has 9 aromatic carbocycles. The zero-order valence-electron chi connectivity index (χ0n) is 42.9. The highest BCUT2D eigenvalue weighted by Crippen LogP contribution is 2.44. The lowest BCUT2D eigenvalue weighted by atomic mass is 9.92. The number of benzene rings is 9. The quantitative estimate of drug-likeness (QED) is 0.164. The Kier molecular flexibility index (Phi) is 10.8. The van der Waals surface area contributed by atoms with Gasteiger partial charge < -0.3 is 9.13 Å². The van der Waals surface area contributed by atoms with Gasteiger partial charge in [0.05, 0.1) is 45.1 Å². The monoisotopic (exact) mass is 923 g/mol. The van der Waals surface area contributed by atoms with E-state index in [1.165, 1.54) is 89.0 Å². The second kappa shape index (κ2) is 16.9. The van der Waals surface area contributed by atoms with Gasteiger partial charge >= 0.3 is 0 Å². The number of fused-ring (bicyclic) bond motifs is 6. The second-order valence-electron chi connectivity index (χ2n) is 20.6. The summed E-state index contributed by atoms with van der Waals surface area (Å²) < 4.78 is 23.0. The highest BCUT2D eigenvalue weighted by molar-refractivity contribution is 6.13. The average molecular weight is 924 g/mol. The molecular formula is C67H58FN3. The first kappa shape index (κ1) is 45.4. The van der Waals surface area contributed by atoms with Gasteiger partial charge in [0.25, 0.3) is 0 Å². The highest BCUT2D eigenvalue weighted by Gasteiger charge is 2.25. The maximum Gasteiger partial charge on any atom is 0.171 e. The molecule has 0 bridgehead atoms. The zero-order chi connectivity index (χ0) is 49.9. The van der Waals surface area contributed by atoms with E-state index in [0.717, 1.165) is 65.9 Å². The number of hydrogen-bond acceptors (Lipinski definition) is 1. The molecule has 0 fully saturated rings. The Balaban J connectivity index is 1.23. The van der Waals surface area contributed by atoms with Gasteiger partial charge in [0.1, 0.15) is 0 Å². The minimum Gasteiger partial charge on any atom is -0.306 e. The van der Waals surface area contributed by atoms with Gasteiger partial charge in [-0.05, 0) is 221 Å². The van der Waals surface area contributed by atoms with Crippen molar-refractivity contribution in [3.8, 4) is 62.0 Å². The number of halogens is 1. The molecule has 11 aromatic rings. The van der Waals surface area contributed by atoms with E-state index >= 15 is 4.39 Å². The van der Waals surface area contributed by atoms with Gasteiger partial charge in [-0.3, -0.25) is 0 Å². The number of aryl methyl sites for hydroxylation is 12. The predicted molar refractivity (Wildman–Crippen MR) is 298 cm³/mol. The van der Waals surface area contributed by atoms with E-state index in [2.05, 4.69) is 220 Å². The lowest BCUT2D eigenvalue weighted by Gasteiger charge is -2.17. The molecule has 2 heterocycles. The summed E-state index contributed by atoms with van der Waals surface area (Å²) >= 11 is 0. The molecule has 4 heteroatoms. The van der Waals surface area contributed by atoms with Gasteiger partial charge in [0.2, 0.25) is 0 Å². The van der Waals surface area contributed by atoms with Gasteiger partial charge in [-0.15, -0.1) is 0 Å². The molecule has 0 aliphatic heterocycles. The first-order valence-electron chi connectivity index (χ1n) is 24.7. The third-order valence-electron chi connectivity index (χ3n) is 15.0. The Bertz CT molecular complexity index is 3790. The minimum absolute atomic E-state index is 0.322. The van der Waals surface area contributed by atoms with Crippen LogP contribution in [0.1, 0.15) is 72.3 Å². The van der Waals surface area contributed by atoms with Crippen molar-refractivity contribution >= 4 is 43.6 Å². The summed E-state index contributed by atoms with van der Waals surface area (Å²) in [6.45, 7) is 25.9. The molecule has 0 aliphatic carbocycles. The first-order chi connectivity index (χ1) is 34.0. The van der Waals surface area contributed by atoms with Crippen LogP contribution in [-0.4, -0.2) is 9.13 Å². The molecule has 0 amide bonds. The van der Waals surface area contributed by atoms with Crippen LogP contribution in [0.5, 0.6) is 0 Å². The summed E-state index contributed by atoms with van der Waals surface area (Å²) in [5, 5.41) is 15.0. The maximum absolute atomic E-state index is 18.8. The van der Waals surface area contributed by atoms with E-state index in [1.54, 1.807) is 12.1 Å². The molecule has 0 saturated carbocycles. The molecule has 3 nitrogen and oxygen atoms in total. The van der Waals surface area contributed by atoms with E-state index in [0.29, 0.717) is 16.9 Å². The van der Waals surface area contributed by atoms with Crippen LogP contribution in [0, 0.1) is 100 Å². The highest BCUT2D eigenvalue weighted by atomic mass is 19.1. The van der Waals surface area contributed by atoms with Crippen LogP contribution in [0.2, 0.25) is 0 Å². The van der Waals surface area contributed by atoms with E-state index in [4.69, 9.17) is 0 Å². The van der Waals surface area contributed by atoms with Gasteiger partial charge in [0.15, 0.2) is 5.82 Å². The summed E-state index contributed by atoms with van der Waals surface area (Å²) in [4.78, 5) is 0. The summed E-state index contributed by atoms with van der Waals surface area (Å²) in [5.74, 6) is -0.411. The Morgan fingerprint density at radius 1 is 0.324 bits per heavy atom. The van der Waals surface area contributed by atoms with Crippen molar-refractivity contribution in [3.63, 3.8) is 0 Å². The third kappa shape index (κ3) is 7.37. The summed E-state index contributed by atoms with van der Waals surface area (Å²) in [5.41, 5.74) is 28.1. The van der Waals surface area contributed by atoms with Gasteiger partial charge in [-0.2, -0.15) is 5.26 Å². The lowest BCUT2D eigenvalue weighted by molar-refractivity contribution is 0.614. The Morgan fingerprint density at radius 3 is 0.901 bits per heavy atom. The van der Waals surface area contributed by atoms with Crippen LogP contribution in [-0.2, 0) is 0 Å². The summed E-state index contributed by atoms with van der Waals surface area (Å²) in [6.07, 6.45) is 0. The molecule has 0 aliphatic rings. The Hall–Kier alpha value is -8.00. The summed E-state index contributed by atoms with van der Waals surface area (Å²) in [6, 6.07) is 50.2. The Labute approximate surface area is 417 Å². The van der Waals surface area contributed by atoms with Gasteiger partial charge in [-0.1, -0.05) is 107 Å². The molecule has 0 N–H and O–H groups in total. The molecule has 0 radical (unpaired) electrons. The molecule has 348 valence electrons. The molecule has 11 rings (SSSR count). The zero-order valence-corrected chi connectivity index (χ0v) is 42.9. The Morgan fingerprint density at radius 2 is 0.606 bits per heavy atom. The number of nitrogens with zero attached hydrogens (tertiary/aromatic N) is 3.